The van der Waals surface area contributed by atoms with Crippen molar-refractivity contribution in [2.24, 2.45) is 0 Å². The van der Waals surface area contributed by atoms with Crippen molar-refractivity contribution in [2.75, 3.05) is 31.0 Å². The van der Waals surface area contributed by atoms with Crippen LogP contribution in [0.1, 0.15) is 0 Å². The summed E-state index contributed by atoms with van der Waals surface area (Å²) in [5.74, 6) is 0. The quantitative estimate of drug-likeness (QED) is 0.739. The number of ether oxygens (including phenoxy) is 1. The Balaban J connectivity index is 1.76. The van der Waals surface area contributed by atoms with Gasteiger partial charge in [0.15, 0.2) is 0 Å². The van der Waals surface area contributed by atoms with Gasteiger partial charge in [-0.1, -0.05) is 0 Å². The molecule has 0 radical (unpaired) electrons. The first kappa shape index (κ1) is 14.7. The Kier molecular flexibility index (Phi) is 3.92. The van der Waals surface area contributed by atoms with E-state index in [9.17, 15) is 13.2 Å². The summed E-state index contributed by atoms with van der Waals surface area (Å²) in [5, 5.41) is 9.17. The van der Waals surface area contributed by atoms with Gasteiger partial charge in [-0.05, 0) is 34.7 Å². The van der Waals surface area contributed by atoms with Crippen molar-refractivity contribution in [1.82, 2.24) is 24.5 Å². The fraction of sp³-hybridized carbons (Fsp3) is 0.364. The number of nitrogens with zero attached hydrogens (tertiary/aromatic N) is 4. The first-order chi connectivity index (χ1) is 10.6. The van der Waals surface area contributed by atoms with E-state index < -0.39 is 15.9 Å². The SMILES string of the molecule is O=c1[nH]nnn1-c1ccc(NS(=O)(=O)N2CCOCC2)cc1. The summed E-state index contributed by atoms with van der Waals surface area (Å²) in [6.45, 7) is 1.41. The second-order valence-electron chi connectivity index (χ2n) is 4.58. The first-order valence-electron chi connectivity index (χ1n) is 6.53. The van der Waals surface area contributed by atoms with Gasteiger partial charge in [-0.2, -0.15) is 17.4 Å². The highest BCUT2D eigenvalue weighted by molar-refractivity contribution is 7.90. The van der Waals surface area contributed by atoms with Crippen molar-refractivity contribution < 1.29 is 13.2 Å². The Morgan fingerprint density at radius 3 is 2.45 bits per heavy atom. The highest BCUT2D eigenvalue weighted by Crippen LogP contribution is 2.15. The largest absolute Gasteiger partial charge is 0.379 e. The van der Waals surface area contributed by atoms with Crippen molar-refractivity contribution in [1.29, 1.82) is 0 Å². The highest BCUT2D eigenvalue weighted by Gasteiger charge is 2.24. The molecular weight excluding hydrogens is 312 g/mol. The molecule has 2 N–H and O–H groups in total. The summed E-state index contributed by atoms with van der Waals surface area (Å²) in [4.78, 5) is 11.4. The molecule has 1 saturated heterocycles. The fourth-order valence-corrected chi connectivity index (χ4v) is 3.23. The van der Waals surface area contributed by atoms with Gasteiger partial charge < -0.3 is 4.74 Å². The minimum atomic E-state index is -3.61. The van der Waals surface area contributed by atoms with E-state index in [0.29, 0.717) is 37.7 Å². The van der Waals surface area contributed by atoms with Crippen LogP contribution in [0.15, 0.2) is 29.1 Å². The van der Waals surface area contributed by atoms with Gasteiger partial charge in [-0.15, -0.1) is 0 Å². The van der Waals surface area contributed by atoms with Crippen molar-refractivity contribution in [2.45, 2.75) is 0 Å². The zero-order valence-electron chi connectivity index (χ0n) is 11.5. The lowest BCUT2D eigenvalue weighted by Gasteiger charge is -2.26. The third-order valence-electron chi connectivity index (χ3n) is 3.14. The zero-order valence-corrected chi connectivity index (χ0v) is 12.3. The van der Waals surface area contributed by atoms with E-state index in [-0.39, 0.29) is 0 Å². The standard InChI is InChI=1S/C11H14N6O4S/c18-11-12-14-15-17(11)10-3-1-9(2-4-10)13-22(19,20)16-5-7-21-8-6-16/h1-4,13H,5-8H2,(H,12,15,18). The molecule has 0 bridgehead atoms. The smallest absolute Gasteiger partial charge is 0.365 e. The molecule has 0 spiro atoms. The molecule has 0 unspecified atom stereocenters. The Morgan fingerprint density at radius 1 is 1.18 bits per heavy atom. The maximum atomic E-state index is 12.2. The van der Waals surface area contributed by atoms with Crippen molar-refractivity contribution in [3.63, 3.8) is 0 Å². The van der Waals surface area contributed by atoms with Crippen LogP contribution in [0.25, 0.3) is 5.69 Å². The second kappa shape index (κ2) is 5.87. The molecule has 2 aromatic rings. The lowest BCUT2D eigenvalue weighted by Crippen LogP contribution is -2.43. The van der Waals surface area contributed by atoms with E-state index in [4.69, 9.17) is 4.74 Å². The second-order valence-corrected chi connectivity index (χ2v) is 6.25. The van der Waals surface area contributed by atoms with Crippen LogP contribution in [0.4, 0.5) is 5.69 Å². The lowest BCUT2D eigenvalue weighted by molar-refractivity contribution is 0.0733. The van der Waals surface area contributed by atoms with Crippen LogP contribution in [0.2, 0.25) is 0 Å². The van der Waals surface area contributed by atoms with E-state index >= 15 is 0 Å². The minimum absolute atomic E-state index is 0.321. The number of aromatic amines is 1. The Labute approximate surface area is 125 Å². The molecule has 11 heteroatoms. The molecule has 3 rings (SSSR count). The third-order valence-corrected chi connectivity index (χ3v) is 4.68. The molecule has 1 aliphatic rings. The van der Waals surface area contributed by atoms with Crippen LogP contribution in [0, 0.1) is 0 Å². The average Bonchev–Trinajstić information content (AvgIpc) is 2.95. The van der Waals surface area contributed by atoms with E-state index in [2.05, 4.69) is 20.2 Å². The summed E-state index contributed by atoms with van der Waals surface area (Å²) < 4.78 is 34.4. The maximum Gasteiger partial charge on any atom is 0.365 e. The summed E-state index contributed by atoms with van der Waals surface area (Å²) in [7, 11) is -3.61. The number of nitrogens with one attached hydrogen (secondary N) is 2. The summed E-state index contributed by atoms with van der Waals surface area (Å²) in [5.41, 5.74) is 0.404. The van der Waals surface area contributed by atoms with Crippen LogP contribution >= 0.6 is 0 Å². The molecule has 0 saturated carbocycles. The molecule has 0 aliphatic carbocycles. The topological polar surface area (TPSA) is 122 Å². The van der Waals surface area contributed by atoms with Gasteiger partial charge in [0.05, 0.1) is 18.9 Å². The summed E-state index contributed by atoms with van der Waals surface area (Å²) >= 11 is 0. The minimum Gasteiger partial charge on any atom is -0.379 e. The zero-order chi connectivity index (χ0) is 15.6. The van der Waals surface area contributed by atoms with Crippen molar-refractivity contribution in [3.8, 4) is 5.69 Å². The predicted octanol–water partition coefficient (Wildman–Crippen LogP) is -1.06. The number of rotatable bonds is 4. The number of hydrogen-bond acceptors (Lipinski definition) is 6. The van der Waals surface area contributed by atoms with Gasteiger partial charge in [0, 0.05) is 18.8 Å². The molecule has 22 heavy (non-hydrogen) atoms. The van der Waals surface area contributed by atoms with Crippen LogP contribution in [0.5, 0.6) is 0 Å². The molecule has 118 valence electrons. The van der Waals surface area contributed by atoms with Crippen LogP contribution in [-0.2, 0) is 14.9 Å². The number of H-pyrrole nitrogens is 1. The number of hydrogen-bond donors (Lipinski definition) is 2. The number of benzene rings is 1. The number of tetrazole rings is 1. The highest BCUT2D eigenvalue weighted by atomic mass is 32.2. The van der Waals surface area contributed by atoms with E-state index in [1.807, 2.05) is 0 Å². The Hall–Kier alpha value is -2.24. The molecule has 1 aromatic heterocycles. The summed E-state index contributed by atoms with van der Waals surface area (Å²) in [6.07, 6.45) is 0. The number of aromatic nitrogens is 4. The van der Waals surface area contributed by atoms with Crippen LogP contribution in [0.3, 0.4) is 0 Å². The van der Waals surface area contributed by atoms with Crippen LogP contribution in [-0.4, -0.2) is 59.2 Å². The molecular formula is C11H14N6O4S. The summed E-state index contributed by atoms with van der Waals surface area (Å²) in [6, 6.07) is 6.24. The van der Waals surface area contributed by atoms with Crippen molar-refractivity contribution in [3.05, 3.63) is 34.7 Å². The Bertz CT molecular complexity index is 790. The van der Waals surface area contributed by atoms with E-state index in [1.165, 1.54) is 4.31 Å². The van der Waals surface area contributed by atoms with Gasteiger partial charge in [0.25, 0.3) is 0 Å². The molecule has 1 fully saturated rings. The van der Waals surface area contributed by atoms with Crippen molar-refractivity contribution >= 4 is 15.9 Å². The third kappa shape index (κ3) is 3.00. The van der Waals surface area contributed by atoms with Gasteiger partial charge in [-0.25, -0.2) is 9.89 Å². The van der Waals surface area contributed by atoms with Crippen LogP contribution < -0.4 is 10.4 Å². The molecule has 2 heterocycles. The fourth-order valence-electron chi connectivity index (χ4n) is 2.04. The maximum absolute atomic E-state index is 12.2. The Morgan fingerprint density at radius 2 is 1.86 bits per heavy atom. The van der Waals surface area contributed by atoms with E-state index in [1.54, 1.807) is 24.3 Å². The normalized spacial score (nSPS) is 16.5. The molecule has 0 atom stereocenters. The number of anilines is 1. The van der Waals surface area contributed by atoms with E-state index in [0.717, 1.165) is 4.68 Å². The first-order valence-corrected chi connectivity index (χ1v) is 7.97. The average molecular weight is 326 g/mol. The number of morpholine rings is 1. The molecule has 1 aromatic carbocycles. The monoisotopic (exact) mass is 326 g/mol. The molecule has 1 aliphatic heterocycles. The van der Waals surface area contributed by atoms with Gasteiger partial charge in [0.1, 0.15) is 0 Å². The predicted molar refractivity (Wildman–Crippen MR) is 76.9 cm³/mol. The van der Waals surface area contributed by atoms with Gasteiger partial charge >= 0.3 is 15.9 Å². The lowest BCUT2D eigenvalue weighted by atomic mass is 10.3. The van der Waals surface area contributed by atoms with Gasteiger partial charge in [0.2, 0.25) is 0 Å². The van der Waals surface area contributed by atoms with Gasteiger partial charge in [-0.3, -0.25) is 4.72 Å². The molecule has 10 nitrogen and oxygen atoms in total. The molecule has 0 amide bonds.